The second-order valence-corrected chi connectivity index (χ2v) is 5.31. The summed E-state index contributed by atoms with van der Waals surface area (Å²) in [6.07, 6.45) is 3.41. The van der Waals surface area contributed by atoms with E-state index in [-0.39, 0.29) is 16.4 Å². The standard InChI is InChI=1S/C15H18ClN5O2/c1-3-4-9-21-13(16)12(10(2)20-21)15(23)19-18-14(22)11-7-5-6-8-17-11/h5-8H,3-4,9H2,1-2H3,(H,18,22)(H,19,23). The molecule has 122 valence electrons. The number of amides is 2. The molecule has 0 saturated heterocycles. The Kier molecular flexibility index (Phi) is 5.70. The van der Waals surface area contributed by atoms with Gasteiger partial charge in [-0.05, 0) is 25.5 Å². The van der Waals surface area contributed by atoms with Gasteiger partial charge < -0.3 is 0 Å². The van der Waals surface area contributed by atoms with Gasteiger partial charge in [0.1, 0.15) is 16.4 Å². The molecule has 0 unspecified atom stereocenters. The fourth-order valence-corrected chi connectivity index (χ4v) is 2.35. The number of pyridine rings is 1. The van der Waals surface area contributed by atoms with Crippen LogP contribution < -0.4 is 10.9 Å². The quantitative estimate of drug-likeness (QED) is 0.819. The van der Waals surface area contributed by atoms with E-state index in [1.807, 2.05) is 0 Å². The predicted octanol–water partition coefficient (Wildman–Crippen LogP) is 2.11. The molecule has 2 N–H and O–H groups in total. The second-order valence-electron chi connectivity index (χ2n) is 4.95. The number of aryl methyl sites for hydroxylation is 2. The van der Waals surface area contributed by atoms with E-state index in [0.717, 1.165) is 12.8 Å². The average Bonchev–Trinajstić information content (AvgIpc) is 2.85. The number of carbonyl (C=O) groups is 2. The highest BCUT2D eigenvalue weighted by molar-refractivity contribution is 6.33. The summed E-state index contributed by atoms with van der Waals surface area (Å²) in [5.41, 5.74) is 5.61. The van der Waals surface area contributed by atoms with Crippen LogP contribution in [0.2, 0.25) is 5.15 Å². The minimum absolute atomic E-state index is 0.203. The van der Waals surface area contributed by atoms with Crippen LogP contribution in [0.3, 0.4) is 0 Å². The Balaban J connectivity index is 2.03. The molecule has 2 heterocycles. The summed E-state index contributed by atoms with van der Waals surface area (Å²) in [6, 6.07) is 4.92. The third-order valence-electron chi connectivity index (χ3n) is 3.20. The van der Waals surface area contributed by atoms with Gasteiger partial charge in [0.25, 0.3) is 11.8 Å². The maximum absolute atomic E-state index is 12.2. The molecule has 0 aliphatic carbocycles. The molecule has 7 nitrogen and oxygen atoms in total. The molecule has 0 aromatic carbocycles. The number of hydrogen-bond donors (Lipinski definition) is 2. The number of carbonyl (C=O) groups excluding carboxylic acids is 2. The fraction of sp³-hybridized carbons (Fsp3) is 0.333. The van der Waals surface area contributed by atoms with E-state index in [0.29, 0.717) is 12.2 Å². The van der Waals surface area contributed by atoms with E-state index >= 15 is 0 Å². The average molecular weight is 336 g/mol. The minimum atomic E-state index is -0.514. The first-order chi connectivity index (χ1) is 11.0. The van der Waals surface area contributed by atoms with Crippen LogP contribution in [0.25, 0.3) is 0 Å². The normalized spacial score (nSPS) is 10.4. The summed E-state index contributed by atoms with van der Waals surface area (Å²) in [6.45, 7) is 4.40. The van der Waals surface area contributed by atoms with E-state index in [2.05, 4.69) is 27.9 Å². The molecular weight excluding hydrogens is 318 g/mol. The molecule has 0 spiro atoms. The lowest BCUT2D eigenvalue weighted by molar-refractivity contribution is 0.0843. The smallest absolute Gasteiger partial charge is 0.267 e. The molecular formula is C15H18ClN5O2. The van der Waals surface area contributed by atoms with Crippen molar-refractivity contribution >= 4 is 23.4 Å². The summed E-state index contributed by atoms with van der Waals surface area (Å²) in [4.78, 5) is 28.0. The molecule has 0 bridgehead atoms. The zero-order valence-corrected chi connectivity index (χ0v) is 13.7. The minimum Gasteiger partial charge on any atom is -0.267 e. The summed E-state index contributed by atoms with van der Waals surface area (Å²) in [5.74, 6) is -1.02. The third kappa shape index (κ3) is 4.07. The monoisotopic (exact) mass is 335 g/mol. The highest BCUT2D eigenvalue weighted by atomic mass is 35.5. The van der Waals surface area contributed by atoms with Gasteiger partial charge in [0.2, 0.25) is 0 Å². The summed E-state index contributed by atoms with van der Waals surface area (Å²) in [7, 11) is 0. The number of hydrogen-bond acceptors (Lipinski definition) is 4. The van der Waals surface area contributed by atoms with Crippen LogP contribution in [0.5, 0.6) is 0 Å². The Hall–Kier alpha value is -2.41. The number of halogens is 1. The van der Waals surface area contributed by atoms with Gasteiger partial charge >= 0.3 is 0 Å². The number of rotatable bonds is 5. The van der Waals surface area contributed by atoms with Gasteiger partial charge in [0.15, 0.2) is 0 Å². The van der Waals surface area contributed by atoms with Gasteiger partial charge in [-0.25, -0.2) is 0 Å². The van der Waals surface area contributed by atoms with E-state index in [9.17, 15) is 9.59 Å². The van der Waals surface area contributed by atoms with Crippen LogP contribution in [0.4, 0.5) is 0 Å². The third-order valence-corrected chi connectivity index (χ3v) is 3.59. The van der Waals surface area contributed by atoms with Gasteiger partial charge in [-0.3, -0.25) is 30.1 Å². The first kappa shape index (κ1) is 17.0. The second kappa shape index (κ2) is 7.73. The molecule has 8 heteroatoms. The van der Waals surface area contributed by atoms with Crippen molar-refractivity contribution in [3.63, 3.8) is 0 Å². The van der Waals surface area contributed by atoms with Crippen LogP contribution >= 0.6 is 11.6 Å². The fourth-order valence-electron chi connectivity index (χ4n) is 2.00. The highest BCUT2D eigenvalue weighted by Crippen LogP contribution is 2.20. The van der Waals surface area contributed by atoms with Gasteiger partial charge in [-0.1, -0.05) is 31.0 Å². The van der Waals surface area contributed by atoms with Crippen LogP contribution in [0, 0.1) is 6.92 Å². The summed E-state index contributed by atoms with van der Waals surface area (Å²) < 4.78 is 1.59. The molecule has 2 aromatic heterocycles. The molecule has 23 heavy (non-hydrogen) atoms. The van der Waals surface area contributed by atoms with Crippen molar-refractivity contribution in [2.75, 3.05) is 0 Å². The number of unbranched alkanes of at least 4 members (excludes halogenated alkanes) is 1. The van der Waals surface area contributed by atoms with Crippen molar-refractivity contribution in [3.05, 3.63) is 46.5 Å². The zero-order chi connectivity index (χ0) is 16.8. The van der Waals surface area contributed by atoms with Crippen LogP contribution in [-0.2, 0) is 6.54 Å². The van der Waals surface area contributed by atoms with E-state index in [4.69, 9.17) is 11.6 Å². The van der Waals surface area contributed by atoms with Crippen molar-refractivity contribution in [2.24, 2.45) is 0 Å². The Bertz CT molecular complexity index is 699. The molecule has 0 aliphatic rings. The molecule has 0 aliphatic heterocycles. The Labute approximate surface area is 139 Å². The van der Waals surface area contributed by atoms with Gasteiger partial charge in [0, 0.05) is 12.7 Å². The largest absolute Gasteiger partial charge is 0.288 e. The molecule has 0 atom stereocenters. The van der Waals surface area contributed by atoms with Crippen molar-refractivity contribution in [2.45, 2.75) is 33.2 Å². The van der Waals surface area contributed by atoms with E-state index in [1.54, 1.807) is 29.8 Å². The van der Waals surface area contributed by atoms with Gasteiger partial charge in [0.05, 0.1) is 5.69 Å². The summed E-state index contributed by atoms with van der Waals surface area (Å²) >= 11 is 6.21. The number of hydrazine groups is 1. The maximum atomic E-state index is 12.2. The molecule has 2 amide bonds. The van der Waals surface area contributed by atoms with E-state index < -0.39 is 11.8 Å². The number of nitrogens with zero attached hydrogens (tertiary/aromatic N) is 3. The first-order valence-corrected chi connectivity index (χ1v) is 7.67. The Morgan fingerprint density at radius 2 is 2.00 bits per heavy atom. The molecule has 0 radical (unpaired) electrons. The maximum Gasteiger partial charge on any atom is 0.288 e. The van der Waals surface area contributed by atoms with Crippen molar-refractivity contribution in [1.82, 2.24) is 25.6 Å². The van der Waals surface area contributed by atoms with Crippen molar-refractivity contribution in [3.8, 4) is 0 Å². The molecule has 2 aromatic rings. The van der Waals surface area contributed by atoms with Gasteiger partial charge in [-0.15, -0.1) is 0 Å². The molecule has 0 fully saturated rings. The Morgan fingerprint density at radius 3 is 2.65 bits per heavy atom. The lowest BCUT2D eigenvalue weighted by Crippen LogP contribution is -2.42. The lowest BCUT2D eigenvalue weighted by atomic mass is 10.2. The number of nitrogens with one attached hydrogen (secondary N) is 2. The van der Waals surface area contributed by atoms with E-state index in [1.165, 1.54) is 6.20 Å². The summed E-state index contributed by atoms with van der Waals surface area (Å²) in [5, 5.41) is 4.52. The van der Waals surface area contributed by atoms with Crippen LogP contribution in [-0.4, -0.2) is 26.6 Å². The van der Waals surface area contributed by atoms with Gasteiger partial charge in [-0.2, -0.15) is 5.10 Å². The van der Waals surface area contributed by atoms with Crippen molar-refractivity contribution in [1.29, 1.82) is 0 Å². The zero-order valence-electron chi connectivity index (χ0n) is 13.0. The predicted molar refractivity (Wildman–Crippen MR) is 86.1 cm³/mol. The van der Waals surface area contributed by atoms with Crippen LogP contribution in [0.15, 0.2) is 24.4 Å². The molecule has 0 saturated carbocycles. The van der Waals surface area contributed by atoms with Crippen molar-refractivity contribution < 1.29 is 9.59 Å². The van der Waals surface area contributed by atoms with Crippen LogP contribution in [0.1, 0.15) is 46.3 Å². The first-order valence-electron chi connectivity index (χ1n) is 7.29. The lowest BCUT2D eigenvalue weighted by Gasteiger charge is -2.07. The Morgan fingerprint density at radius 1 is 1.26 bits per heavy atom. The number of aromatic nitrogens is 3. The topological polar surface area (TPSA) is 88.9 Å². The molecule has 2 rings (SSSR count). The highest BCUT2D eigenvalue weighted by Gasteiger charge is 2.20. The SMILES string of the molecule is CCCCn1nc(C)c(C(=O)NNC(=O)c2ccccn2)c1Cl.